The van der Waals surface area contributed by atoms with Crippen LogP contribution in [0.1, 0.15) is 70.6 Å². The minimum Gasteiger partial charge on any atom is -0.460 e. The molecule has 3 aromatic rings. The Kier molecular flexibility index (Phi) is 9.16. The second-order valence-corrected chi connectivity index (χ2v) is 12.4. The summed E-state index contributed by atoms with van der Waals surface area (Å²) in [7, 11) is 0. The van der Waals surface area contributed by atoms with Gasteiger partial charge in [0.2, 0.25) is 0 Å². The van der Waals surface area contributed by atoms with Crippen molar-refractivity contribution in [3.63, 3.8) is 0 Å². The fourth-order valence-corrected chi connectivity index (χ4v) is 4.65. The molecule has 214 valence electrons. The van der Waals surface area contributed by atoms with Gasteiger partial charge in [-0.25, -0.2) is 4.79 Å². The monoisotopic (exact) mass is 547 g/mol. The fraction of sp³-hybridized carbons (Fsp3) is 0.455. The highest BCUT2D eigenvalue weighted by Gasteiger charge is 2.34. The third-order valence-corrected chi connectivity index (χ3v) is 6.78. The van der Waals surface area contributed by atoms with E-state index >= 15 is 0 Å². The molecule has 1 saturated heterocycles. The Balaban J connectivity index is 1.46. The third-order valence-electron chi connectivity index (χ3n) is 6.78. The smallest absolute Gasteiger partial charge is 0.460 e. The number of rotatable bonds is 7. The van der Waals surface area contributed by atoms with Gasteiger partial charge in [-0.05, 0) is 81.5 Å². The molecule has 40 heavy (non-hydrogen) atoms. The SMILES string of the molecule is CC(C)(C)OC(=O)ON1CCC(c2ccc(COC(=O)C(C)(C)C)cc2)C(OCc2ccc3ccccc3c2)C1. The number of carbonyl (C=O) groups excluding carboxylic acids is 2. The van der Waals surface area contributed by atoms with Gasteiger partial charge in [0.1, 0.15) is 12.2 Å². The summed E-state index contributed by atoms with van der Waals surface area (Å²) >= 11 is 0. The van der Waals surface area contributed by atoms with Gasteiger partial charge in [-0.3, -0.25) is 4.79 Å². The zero-order valence-electron chi connectivity index (χ0n) is 24.4. The van der Waals surface area contributed by atoms with Crippen LogP contribution in [0.25, 0.3) is 10.8 Å². The molecule has 1 heterocycles. The van der Waals surface area contributed by atoms with Crippen LogP contribution in [0.4, 0.5) is 4.79 Å². The molecule has 0 N–H and O–H groups in total. The maximum absolute atomic E-state index is 12.3. The second-order valence-electron chi connectivity index (χ2n) is 12.4. The van der Waals surface area contributed by atoms with Crippen molar-refractivity contribution in [2.24, 2.45) is 5.41 Å². The second kappa shape index (κ2) is 12.4. The lowest BCUT2D eigenvalue weighted by Gasteiger charge is -2.37. The molecule has 0 radical (unpaired) electrons. The highest BCUT2D eigenvalue weighted by atomic mass is 16.8. The summed E-state index contributed by atoms with van der Waals surface area (Å²) in [5, 5.41) is 3.99. The van der Waals surface area contributed by atoms with Gasteiger partial charge in [0.25, 0.3) is 0 Å². The number of hydrogen-bond acceptors (Lipinski definition) is 7. The van der Waals surface area contributed by atoms with E-state index in [2.05, 4.69) is 42.5 Å². The standard InChI is InChI=1S/C33H41NO6/c1-32(2,3)30(35)38-21-23-11-15-26(16-12-23)28-17-18-34(40-31(36)39-33(4,5)6)20-29(28)37-22-24-13-14-25-9-7-8-10-27(25)19-24/h7-16,19,28-29H,17-18,20-22H2,1-6H3. The van der Waals surface area contributed by atoms with Crippen LogP contribution in [0, 0.1) is 5.41 Å². The lowest BCUT2D eigenvalue weighted by Crippen LogP contribution is -2.45. The summed E-state index contributed by atoms with van der Waals surface area (Å²) in [5.41, 5.74) is 1.97. The molecule has 1 aliphatic heterocycles. The molecular formula is C33H41NO6. The van der Waals surface area contributed by atoms with Gasteiger partial charge in [0.15, 0.2) is 0 Å². The minimum absolute atomic E-state index is 0.102. The summed E-state index contributed by atoms with van der Waals surface area (Å²) in [4.78, 5) is 30.0. The number of esters is 1. The van der Waals surface area contributed by atoms with Gasteiger partial charge in [0.05, 0.1) is 24.7 Å². The molecule has 0 amide bonds. The van der Waals surface area contributed by atoms with E-state index in [4.69, 9.17) is 19.0 Å². The van der Waals surface area contributed by atoms with Gasteiger partial charge in [0, 0.05) is 12.5 Å². The molecule has 1 aliphatic rings. The van der Waals surface area contributed by atoms with E-state index < -0.39 is 17.2 Å². The van der Waals surface area contributed by atoms with Crippen molar-refractivity contribution in [1.82, 2.24) is 5.06 Å². The van der Waals surface area contributed by atoms with E-state index in [1.54, 1.807) is 5.06 Å². The molecule has 0 aromatic heterocycles. The van der Waals surface area contributed by atoms with Crippen molar-refractivity contribution < 1.29 is 28.6 Å². The van der Waals surface area contributed by atoms with Crippen molar-refractivity contribution in [1.29, 1.82) is 0 Å². The van der Waals surface area contributed by atoms with Gasteiger partial charge < -0.3 is 19.0 Å². The van der Waals surface area contributed by atoms with Crippen LogP contribution in [0.5, 0.6) is 0 Å². The first kappa shape index (κ1) is 29.6. The number of nitrogens with zero attached hydrogens (tertiary/aromatic N) is 1. The fourth-order valence-electron chi connectivity index (χ4n) is 4.65. The molecule has 7 nitrogen and oxygen atoms in total. The molecule has 2 unspecified atom stereocenters. The summed E-state index contributed by atoms with van der Waals surface area (Å²) in [6.45, 7) is 12.6. The van der Waals surface area contributed by atoms with E-state index in [-0.39, 0.29) is 24.6 Å². The van der Waals surface area contributed by atoms with Gasteiger partial charge in [-0.1, -0.05) is 60.7 Å². The normalized spacial score (nSPS) is 18.4. The number of hydrogen-bond donors (Lipinski definition) is 0. The zero-order valence-corrected chi connectivity index (χ0v) is 24.4. The highest BCUT2D eigenvalue weighted by molar-refractivity contribution is 5.83. The van der Waals surface area contributed by atoms with E-state index in [0.29, 0.717) is 19.7 Å². The first-order chi connectivity index (χ1) is 18.9. The molecule has 0 aliphatic carbocycles. The summed E-state index contributed by atoms with van der Waals surface area (Å²) in [6, 6.07) is 22.7. The maximum atomic E-state index is 12.3. The Hall–Kier alpha value is -3.42. The quantitative estimate of drug-likeness (QED) is 0.290. The molecule has 2 atom stereocenters. The predicted molar refractivity (Wildman–Crippen MR) is 154 cm³/mol. The summed E-state index contributed by atoms with van der Waals surface area (Å²) < 4.78 is 17.3. The number of benzene rings is 3. The molecular weight excluding hydrogens is 506 g/mol. The molecule has 4 rings (SSSR count). The van der Waals surface area contributed by atoms with E-state index in [1.807, 2.05) is 65.8 Å². The molecule has 3 aromatic carbocycles. The van der Waals surface area contributed by atoms with Crippen LogP contribution in [0.3, 0.4) is 0 Å². The van der Waals surface area contributed by atoms with Crippen molar-refractivity contribution in [3.8, 4) is 0 Å². The first-order valence-electron chi connectivity index (χ1n) is 13.9. The first-order valence-corrected chi connectivity index (χ1v) is 13.9. The van der Waals surface area contributed by atoms with Crippen LogP contribution in [-0.2, 0) is 37.1 Å². The van der Waals surface area contributed by atoms with Gasteiger partial charge in [-0.15, -0.1) is 5.06 Å². The Morgan fingerprint density at radius 2 is 1.52 bits per heavy atom. The number of piperidine rings is 1. The lowest BCUT2D eigenvalue weighted by molar-refractivity contribution is -0.179. The number of fused-ring (bicyclic) bond motifs is 1. The Morgan fingerprint density at radius 1 is 0.850 bits per heavy atom. The largest absolute Gasteiger partial charge is 0.528 e. The molecule has 0 spiro atoms. The van der Waals surface area contributed by atoms with E-state index in [0.717, 1.165) is 23.1 Å². The van der Waals surface area contributed by atoms with Gasteiger partial charge >= 0.3 is 12.1 Å². The van der Waals surface area contributed by atoms with Crippen molar-refractivity contribution in [3.05, 3.63) is 83.4 Å². The maximum Gasteiger partial charge on any atom is 0.528 e. The van der Waals surface area contributed by atoms with Crippen molar-refractivity contribution in [2.75, 3.05) is 13.1 Å². The predicted octanol–water partition coefficient (Wildman–Crippen LogP) is 7.17. The van der Waals surface area contributed by atoms with Crippen LogP contribution in [0.2, 0.25) is 0 Å². The minimum atomic E-state index is -0.714. The Morgan fingerprint density at radius 3 is 2.20 bits per heavy atom. The van der Waals surface area contributed by atoms with Crippen LogP contribution in [-0.4, -0.2) is 42.0 Å². The Labute approximate surface area is 237 Å². The summed E-state index contributed by atoms with van der Waals surface area (Å²) in [6.07, 6.45) is -0.190. The number of ether oxygens (including phenoxy) is 3. The van der Waals surface area contributed by atoms with Crippen LogP contribution < -0.4 is 0 Å². The topological polar surface area (TPSA) is 74.3 Å². The average molecular weight is 548 g/mol. The third kappa shape index (κ3) is 8.29. The molecule has 0 bridgehead atoms. The number of hydroxylamine groups is 2. The molecule has 1 fully saturated rings. The highest BCUT2D eigenvalue weighted by Crippen LogP contribution is 2.32. The zero-order chi connectivity index (χ0) is 28.9. The van der Waals surface area contributed by atoms with Crippen molar-refractivity contribution in [2.45, 2.75) is 78.8 Å². The average Bonchev–Trinajstić information content (AvgIpc) is 2.89. The molecule has 0 saturated carbocycles. The van der Waals surface area contributed by atoms with Crippen LogP contribution in [0.15, 0.2) is 66.7 Å². The van der Waals surface area contributed by atoms with E-state index in [9.17, 15) is 9.59 Å². The summed E-state index contributed by atoms with van der Waals surface area (Å²) in [5.74, 6) is -0.124. The van der Waals surface area contributed by atoms with Crippen molar-refractivity contribution >= 4 is 22.9 Å². The Bertz CT molecular complexity index is 1310. The number of carbonyl (C=O) groups is 2. The molecule has 7 heteroatoms. The lowest BCUT2D eigenvalue weighted by atomic mass is 9.87. The van der Waals surface area contributed by atoms with Gasteiger partial charge in [-0.2, -0.15) is 0 Å². The van der Waals surface area contributed by atoms with Crippen LogP contribution >= 0.6 is 0 Å². The van der Waals surface area contributed by atoms with E-state index in [1.165, 1.54) is 10.8 Å².